The van der Waals surface area contributed by atoms with E-state index < -0.39 is 0 Å². The maximum atomic E-state index is 13.0. The Morgan fingerprint density at radius 3 is 2.84 bits per heavy atom. The lowest BCUT2D eigenvalue weighted by atomic mass is 10.0. The fourth-order valence-corrected chi connectivity index (χ4v) is 2.69. The summed E-state index contributed by atoms with van der Waals surface area (Å²) in [4.78, 5) is 12.4. The van der Waals surface area contributed by atoms with Gasteiger partial charge in [0, 0.05) is 22.0 Å². The van der Waals surface area contributed by atoms with Crippen molar-refractivity contribution in [1.29, 1.82) is 0 Å². The number of fused-ring (bicyclic) bond motifs is 1. The van der Waals surface area contributed by atoms with Crippen LogP contribution in [0.5, 0.6) is 5.75 Å². The van der Waals surface area contributed by atoms with E-state index in [1.54, 1.807) is 6.07 Å². The standard InChI is InChI=1S/C15H10BrFO2/c16-13-8-11(17)2-3-12(13)15(18)10-1-4-14-9(7-10)5-6-19-14/h1-4,7-8H,5-6H2. The molecule has 3 rings (SSSR count). The molecule has 2 nitrogen and oxygen atoms in total. The summed E-state index contributed by atoms with van der Waals surface area (Å²) >= 11 is 3.22. The van der Waals surface area contributed by atoms with E-state index in [2.05, 4.69) is 15.9 Å². The first kappa shape index (κ1) is 12.4. The Morgan fingerprint density at radius 2 is 2.05 bits per heavy atom. The van der Waals surface area contributed by atoms with Gasteiger partial charge in [-0.2, -0.15) is 0 Å². The Hall–Kier alpha value is -1.68. The molecule has 0 saturated heterocycles. The van der Waals surface area contributed by atoms with Gasteiger partial charge in [-0.15, -0.1) is 0 Å². The average Bonchev–Trinajstić information content (AvgIpc) is 2.85. The lowest BCUT2D eigenvalue weighted by Crippen LogP contribution is -2.03. The lowest BCUT2D eigenvalue weighted by molar-refractivity contribution is 0.103. The maximum Gasteiger partial charge on any atom is 0.194 e. The summed E-state index contributed by atoms with van der Waals surface area (Å²) in [6, 6.07) is 9.47. The third-order valence-corrected chi connectivity index (χ3v) is 3.78. The second kappa shape index (κ2) is 4.78. The molecule has 0 N–H and O–H groups in total. The third-order valence-electron chi connectivity index (χ3n) is 3.13. The van der Waals surface area contributed by atoms with Gasteiger partial charge in [-0.25, -0.2) is 4.39 Å². The molecule has 19 heavy (non-hydrogen) atoms. The highest BCUT2D eigenvalue weighted by atomic mass is 79.9. The summed E-state index contributed by atoms with van der Waals surface area (Å²) in [5.74, 6) is 0.349. The van der Waals surface area contributed by atoms with Crippen molar-refractivity contribution in [2.24, 2.45) is 0 Å². The van der Waals surface area contributed by atoms with E-state index in [-0.39, 0.29) is 11.6 Å². The van der Waals surface area contributed by atoms with E-state index in [0.29, 0.717) is 22.2 Å². The van der Waals surface area contributed by atoms with Crippen LogP contribution in [-0.2, 0) is 6.42 Å². The molecule has 1 aliphatic rings. The van der Waals surface area contributed by atoms with E-state index in [4.69, 9.17) is 4.74 Å². The van der Waals surface area contributed by atoms with Gasteiger partial charge in [-0.05, 0) is 57.9 Å². The van der Waals surface area contributed by atoms with Crippen LogP contribution in [0.15, 0.2) is 40.9 Å². The first-order valence-corrected chi connectivity index (χ1v) is 6.70. The Bertz CT molecular complexity index is 667. The molecule has 0 amide bonds. The third kappa shape index (κ3) is 2.28. The molecule has 1 heterocycles. The van der Waals surface area contributed by atoms with Crippen LogP contribution < -0.4 is 4.74 Å². The summed E-state index contributed by atoms with van der Waals surface area (Å²) < 4.78 is 18.9. The molecule has 0 fully saturated rings. The summed E-state index contributed by atoms with van der Waals surface area (Å²) in [5, 5.41) is 0. The number of hydrogen-bond donors (Lipinski definition) is 0. The Morgan fingerprint density at radius 1 is 1.21 bits per heavy atom. The number of hydrogen-bond acceptors (Lipinski definition) is 2. The highest BCUT2D eigenvalue weighted by Gasteiger charge is 2.17. The van der Waals surface area contributed by atoms with Crippen molar-refractivity contribution in [2.75, 3.05) is 6.61 Å². The van der Waals surface area contributed by atoms with E-state index in [1.165, 1.54) is 18.2 Å². The van der Waals surface area contributed by atoms with Gasteiger partial charge in [0.1, 0.15) is 11.6 Å². The van der Waals surface area contributed by atoms with Crippen molar-refractivity contribution in [2.45, 2.75) is 6.42 Å². The highest BCUT2D eigenvalue weighted by Crippen LogP contribution is 2.28. The molecular weight excluding hydrogens is 311 g/mol. The molecule has 0 aliphatic carbocycles. The summed E-state index contributed by atoms with van der Waals surface area (Å²) in [7, 11) is 0. The van der Waals surface area contributed by atoms with E-state index in [0.717, 1.165) is 17.7 Å². The van der Waals surface area contributed by atoms with Gasteiger partial charge in [-0.3, -0.25) is 4.79 Å². The lowest BCUT2D eigenvalue weighted by Gasteiger charge is -2.06. The zero-order chi connectivity index (χ0) is 13.4. The Balaban J connectivity index is 2.00. The molecule has 4 heteroatoms. The Kier molecular flexibility index (Phi) is 3.11. The summed E-state index contributed by atoms with van der Waals surface area (Å²) in [5.41, 5.74) is 2.10. The maximum absolute atomic E-state index is 13.0. The molecule has 2 aromatic rings. The monoisotopic (exact) mass is 320 g/mol. The van der Waals surface area contributed by atoms with Crippen molar-refractivity contribution >= 4 is 21.7 Å². The van der Waals surface area contributed by atoms with Crippen LogP contribution in [0.1, 0.15) is 21.5 Å². The predicted octanol–water partition coefficient (Wildman–Crippen LogP) is 3.75. The fraction of sp³-hybridized carbons (Fsp3) is 0.133. The minimum atomic E-state index is -0.370. The van der Waals surface area contributed by atoms with E-state index in [1.807, 2.05) is 12.1 Å². The molecule has 0 bridgehead atoms. The van der Waals surface area contributed by atoms with Crippen LogP contribution >= 0.6 is 15.9 Å². The van der Waals surface area contributed by atoms with Gasteiger partial charge in [0.15, 0.2) is 5.78 Å². The number of rotatable bonds is 2. The molecule has 0 atom stereocenters. The van der Waals surface area contributed by atoms with Gasteiger partial charge >= 0.3 is 0 Å². The normalized spacial score (nSPS) is 12.9. The smallest absolute Gasteiger partial charge is 0.194 e. The number of benzene rings is 2. The molecule has 2 aromatic carbocycles. The fourth-order valence-electron chi connectivity index (χ4n) is 2.16. The van der Waals surface area contributed by atoms with Gasteiger partial charge in [0.2, 0.25) is 0 Å². The molecule has 96 valence electrons. The van der Waals surface area contributed by atoms with Gasteiger partial charge < -0.3 is 4.74 Å². The van der Waals surface area contributed by atoms with Gasteiger partial charge in [0.05, 0.1) is 6.61 Å². The molecular formula is C15H10BrFO2. The van der Waals surface area contributed by atoms with Crippen LogP contribution in [0.2, 0.25) is 0 Å². The first-order chi connectivity index (χ1) is 9.15. The quantitative estimate of drug-likeness (QED) is 0.788. The zero-order valence-electron chi connectivity index (χ0n) is 9.95. The first-order valence-electron chi connectivity index (χ1n) is 5.90. The van der Waals surface area contributed by atoms with Crippen molar-refractivity contribution in [3.05, 3.63) is 63.4 Å². The van der Waals surface area contributed by atoms with E-state index in [9.17, 15) is 9.18 Å². The topological polar surface area (TPSA) is 26.3 Å². The van der Waals surface area contributed by atoms with Gasteiger partial charge in [-0.1, -0.05) is 0 Å². The van der Waals surface area contributed by atoms with Crippen molar-refractivity contribution in [3.8, 4) is 5.75 Å². The number of ketones is 1. The molecule has 0 aromatic heterocycles. The largest absolute Gasteiger partial charge is 0.493 e. The minimum Gasteiger partial charge on any atom is -0.493 e. The number of carbonyl (C=O) groups excluding carboxylic acids is 1. The van der Waals surface area contributed by atoms with Crippen LogP contribution in [-0.4, -0.2) is 12.4 Å². The molecule has 0 radical (unpaired) electrons. The van der Waals surface area contributed by atoms with Crippen molar-refractivity contribution in [1.82, 2.24) is 0 Å². The minimum absolute atomic E-state index is 0.124. The average molecular weight is 321 g/mol. The highest BCUT2D eigenvalue weighted by molar-refractivity contribution is 9.10. The number of carbonyl (C=O) groups is 1. The van der Waals surface area contributed by atoms with Crippen LogP contribution in [0.3, 0.4) is 0 Å². The number of halogens is 2. The Labute approximate surface area is 118 Å². The molecule has 0 spiro atoms. The molecule has 0 unspecified atom stereocenters. The van der Waals surface area contributed by atoms with E-state index >= 15 is 0 Å². The molecule has 0 saturated carbocycles. The summed E-state index contributed by atoms with van der Waals surface area (Å²) in [6.07, 6.45) is 0.820. The zero-order valence-corrected chi connectivity index (χ0v) is 11.5. The van der Waals surface area contributed by atoms with Crippen molar-refractivity contribution < 1.29 is 13.9 Å². The van der Waals surface area contributed by atoms with Crippen LogP contribution in [0.25, 0.3) is 0 Å². The molecule has 1 aliphatic heterocycles. The summed E-state index contributed by atoms with van der Waals surface area (Å²) in [6.45, 7) is 0.660. The van der Waals surface area contributed by atoms with Gasteiger partial charge in [0.25, 0.3) is 0 Å². The van der Waals surface area contributed by atoms with Crippen LogP contribution in [0, 0.1) is 5.82 Å². The van der Waals surface area contributed by atoms with Crippen molar-refractivity contribution in [3.63, 3.8) is 0 Å². The second-order valence-corrected chi connectivity index (χ2v) is 5.23. The predicted molar refractivity (Wildman–Crippen MR) is 73.2 cm³/mol. The number of ether oxygens (including phenoxy) is 1. The van der Waals surface area contributed by atoms with Crippen LogP contribution in [0.4, 0.5) is 4.39 Å². The SMILES string of the molecule is O=C(c1ccc2c(c1)CCO2)c1ccc(F)cc1Br. The second-order valence-electron chi connectivity index (χ2n) is 4.37.